The second kappa shape index (κ2) is 4.31. The van der Waals surface area contributed by atoms with E-state index >= 15 is 0 Å². The molecule has 1 aliphatic heterocycles. The molecule has 6 heteroatoms. The summed E-state index contributed by atoms with van der Waals surface area (Å²) in [6.45, 7) is 5.47. The van der Waals surface area contributed by atoms with Gasteiger partial charge in [-0.2, -0.15) is 0 Å². The van der Waals surface area contributed by atoms with Crippen LogP contribution in [0.15, 0.2) is 18.2 Å². The summed E-state index contributed by atoms with van der Waals surface area (Å²) in [5.41, 5.74) is 8.50. The summed E-state index contributed by atoms with van der Waals surface area (Å²) >= 11 is 0. The van der Waals surface area contributed by atoms with Crippen molar-refractivity contribution in [3.63, 3.8) is 0 Å². The zero-order valence-corrected chi connectivity index (χ0v) is 11.1. The smallest absolute Gasteiger partial charge is 0.182 e. The van der Waals surface area contributed by atoms with Crippen molar-refractivity contribution >= 4 is 5.69 Å². The SMILES string of the molecule is Cc1c(N)cccc1-c1nnnn1C1(C)CCOC1. The van der Waals surface area contributed by atoms with E-state index in [0.717, 1.165) is 35.7 Å². The van der Waals surface area contributed by atoms with Crippen molar-refractivity contribution in [2.75, 3.05) is 18.9 Å². The molecule has 0 spiro atoms. The van der Waals surface area contributed by atoms with Gasteiger partial charge in [0.1, 0.15) is 0 Å². The maximum Gasteiger partial charge on any atom is 0.182 e. The number of benzene rings is 1. The molecule has 0 bridgehead atoms. The van der Waals surface area contributed by atoms with Gasteiger partial charge in [-0.1, -0.05) is 12.1 Å². The highest BCUT2D eigenvalue weighted by Crippen LogP contribution is 2.32. The van der Waals surface area contributed by atoms with Crippen LogP contribution in [0.4, 0.5) is 5.69 Å². The quantitative estimate of drug-likeness (QED) is 0.824. The maximum absolute atomic E-state index is 5.96. The molecule has 100 valence electrons. The molecule has 0 aliphatic carbocycles. The van der Waals surface area contributed by atoms with Gasteiger partial charge in [0.2, 0.25) is 0 Å². The fourth-order valence-electron chi connectivity index (χ4n) is 2.44. The molecule has 1 atom stereocenters. The first-order valence-corrected chi connectivity index (χ1v) is 6.34. The zero-order valence-electron chi connectivity index (χ0n) is 11.1. The van der Waals surface area contributed by atoms with Crippen molar-refractivity contribution in [3.05, 3.63) is 23.8 Å². The van der Waals surface area contributed by atoms with Crippen LogP contribution in [-0.2, 0) is 10.3 Å². The Labute approximate surface area is 111 Å². The number of hydrogen-bond donors (Lipinski definition) is 1. The third-order valence-corrected chi connectivity index (χ3v) is 3.80. The minimum Gasteiger partial charge on any atom is -0.398 e. The lowest BCUT2D eigenvalue weighted by atomic mass is 10.0. The Morgan fingerprint density at radius 3 is 3.00 bits per heavy atom. The summed E-state index contributed by atoms with van der Waals surface area (Å²) in [5, 5.41) is 12.1. The van der Waals surface area contributed by atoms with Crippen LogP contribution >= 0.6 is 0 Å². The van der Waals surface area contributed by atoms with Crippen molar-refractivity contribution in [2.24, 2.45) is 0 Å². The molecule has 1 saturated heterocycles. The highest BCUT2D eigenvalue weighted by atomic mass is 16.5. The number of anilines is 1. The Bertz CT molecular complexity index is 601. The van der Waals surface area contributed by atoms with Gasteiger partial charge in [-0.15, -0.1) is 5.10 Å². The molecule has 3 rings (SSSR count). The Morgan fingerprint density at radius 2 is 2.26 bits per heavy atom. The molecule has 1 aromatic carbocycles. The standard InChI is InChI=1S/C13H17N5O/c1-9-10(4-3-5-11(9)14)12-15-16-17-18(12)13(2)6-7-19-8-13/h3-5H,6-8,14H2,1-2H3. The fraction of sp³-hybridized carbons (Fsp3) is 0.462. The first-order valence-electron chi connectivity index (χ1n) is 6.34. The van der Waals surface area contributed by atoms with Gasteiger partial charge in [0.15, 0.2) is 5.82 Å². The summed E-state index contributed by atoms with van der Waals surface area (Å²) in [6.07, 6.45) is 0.909. The summed E-state index contributed by atoms with van der Waals surface area (Å²) in [4.78, 5) is 0. The van der Waals surface area contributed by atoms with Crippen molar-refractivity contribution in [1.29, 1.82) is 0 Å². The molecule has 1 aliphatic rings. The number of hydrogen-bond acceptors (Lipinski definition) is 5. The second-order valence-corrected chi connectivity index (χ2v) is 5.23. The molecular formula is C13H17N5O. The van der Waals surface area contributed by atoms with Crippen molar-refractivity contribution in [3.8, 4) is 11.4 Å². The van der Waals surface area contributed by atoms with Gasteiger partial charge in [-0.05, 0) is 42.3 Å². The highest BCUT2D eigenvalue weighted by molar-refractivity contribution is 5.67. The highest BCUT2D eigenvalue weighted by Gasteiger charge is 2.35. The van der Waals surface area contributed by atoms with Crippen LogP contribution in [0.3, 0.4) is 0 Å². The van der Waals surface area contributed by atoms with E-state index in [1.165, 1.54) is 0 Å². The lowest BCUT2D eigenvalue weighted by Gasteiger charge is -2.23. The van der Waals surface area contributed by atoms with Gasteiger partial charge in [0, 0.05) is 17.9 Å². The number of tetrazole rings is 1. The molecule has 19 heavy (non-hydrogen) atoms. The normalized spacial score (nSPS) is 22.8. The van der Waals surface area contributed by atoms with Crippen LogP contribution in [0.2, 0.25) is 0 Å². The second-order valence-electron chi connectivity index (χ2n) is 5.23. The van der Waals surface area contributed by atoms with E-state index in [-0.39, 0.29) is 5.54 Å². The van der Waals surface area contributed by atoms with Gasteiger partial charge >= 0.3 is 0 Å². The van der Waals surface area contributed by atoms with Gasteiger partial charge in [0.25, 0.3) is 0 Å². The third-order valence-electron chi connectivity index (χ3n) is 3.80. The number of ether oxygens (including phenoxy) is 1. The first kappa shape index (κ1) is 12.1. The van der Waals surface area contributed by atoms with Crippen LogP contribution in [0.5, 0.6) is 0 Å². The molecule has 6 nitrogen and oxygen atoms in total. The Hall–Kier alpha value is -1.95. The molecule has 2 heterocycles. The summed E-state index contributed by atoms with van der Waals surface area (Å²) in [5.74, 6) is 0.748. The largest absolute Gasteiger partial charge is 0.398 e. The van der Waals surface area contributed by atoms with Gasteiger partial charge in [-0.25, -0.2) is 4.68 Å². The molecule has 0 amide bonds. The lowest BCUT2D eigenvalue weighted by molar-refractivity contribution is 0.155. The predicted octanol–water partition coefficient (Wildman–Crippen LogP) is 1.37. The van der Waals surface area contributed by atoms with Crippen molar-refractivity contribution < 1.29 is 4.74 Å². The monoisotopic (exact) mass is 259 g/mol. The van der Waals surface area contributed by atoms with Gasteiger partial charge < -0.3 is 10.5 Å². The average molecular weight is 259 g/mol. The molecule has 2 N–H and O–H groups in total. The Kier molecular flexibility index (Phi) is 2.74. The Balaban J connectivity index is 2.12. The average Bonchev–Trinajstić information content (AvgIpc) is 3.02. The predicted molar refractivity (Wildman–Crippen MR) is 71.5 cm³/mol. The number of nitrogen functional groups attached to an aromatic ring is 1. The van der Waals surface area contributed by atoms with E-state index in [0.29, 0.717) is 6.61 Å². The third kappa shape index (κ3) is 1.88. The number of aromatic nitrogens is 4. The maximum atomic E-state index is 5.96. The summed E-state index contributed by atoms with van der Waals surface area (Å²) < 4.78 is 7.35. The van der Waals surface area contributed by atoms with E-state index in [1.807, 2.05) is 29.8 Å². The van der Waals surface area contributed by atoms with Crippen molar-refractivity contribution in [2.45, 2.75) is 25.8 Å². The topological polar surface area (TPSA) is 78.9 Å². The molecule has 0 radical (unpaired) electrons. The molecular weight excluding hydrogens is 242 g/mol. The first-order chi connectivity index (χ1) is 9.12. The summed E-state index contributed by atoms with van der Waals surface area (Å²) in [6, 6.07) is 5.80. The van der Waals surface area contributed by atoms with Crippen molar-refractivity contribution in [1.82, 2.24) is 20.2 Å². The molecule has 2 aromatic rings. The van der Waals surface area contributed by atoms with Gasteiger partial charge in [-0.3, -0.25) is 0 Å². The van der Waals surface area contributed by atoms with E-state index in [4.69, 9.17) is 10.5 Å². The minimum absolute atomic E-state index is 0.185. The van der Waals surface area contributed by atoms with Crippen LogP contribution < -0.4 is 5.73 Å². The van der Waals surface area contributed by atoms with Crippen LogP contribution in [-0.4, -0.2) is 33.4 Å². The van der Waals surface area contributed by atoms with Gasteiger partial charge in [0.05, 0.1) is 12.1 Å². The lowest BCUT2D eigenvalue weighted by Crippen LogP contribution is -2.32. The number of nitrogens with two attached hydrogens (primary N) is 1. The number of nitrogens with zero attached hydrogens (tertiary/aromatic N) is 4. The molecule has 1 unspecified atom stereocenters. The van der Waals surface area contributed by atoms with E-state index in [2.05, 4.69) is 22.4 Å². The minimum atomic E-state index is -0.185. The van der Waals surface area contributed by atoms with E-state index < -0.39 is 0 Å². The van der Waals surface area contributed by atoms with Crippen LogP contribution in [0.25, 0.3) is 11.4 Å². The summed E-state index contributed by atoms with van der Waals surface area (Å²) in [7, 11) is 0. The Morgan fingerprint density at radius 1 is 1.42 bits per heavy atom. The fourth-order valence-corrected chi connectivity index (χ4v) is 2.44. The van der Waals surface area contributed by atoms with E-state index in [9.17, 15) is 0 Å². The molecule has 1 fully saturated rings. The molecule has 0 saturated carbocycles. The number of rotatable bonds is 2. The zero-order chi connectivity index (χ0) is 13.5. The molecule has 1 aromatic heterocycles. The van der Waals surface area contributed by atoms with Crippen LogP contribution in [0, 0.1) is 6.92 Å². The van der Waals surface area contributed by atoms with Crippen LogP contribution in [0.1, 0.15) is 18.9 Å². The van der Waals surface area contributed by atoms with E-state index in [1.54, 1.807) is 0 Å².